The molecule has 1 aliphatic heterocycles. The molecule has 0 saturated carbocycles. The lowest BCUT2D eigenvalue weighted by atomic mass is 9.94. The molecule has 8 nitrogen and oxygen atoms in total. The number of amides is 1. The molecule has 3 heterocycles. The van der Waals surface area contributed by atoms with Crippen molar-refractivity contribution in [3.63, 3.8) is 0 Å². The molecule has 0 aromatic carbocycles. The van der Waals surface area contributed by atoms with Crippen molar-refractivity contribution in [3.05, 3.63) is 71.0 Å². The molecule has 0 fully saturated rings. The second-order valence-electron chi connectivity index (χ2n) is 9.64. The van der Waals surface area contributed by atoms with Gasteiger partial charge in [-0.25, -0.2) is 12.9 Å². The molecule has 3 aliphatic rings. The Kier molecular flexibility index (Phi) is 6.51. The second kappa shape index (κ2) is 9.61. The molecule has 36 heavy (non-hydrogen) atoms. The van der Waals surface area contributed by atoms with E-state index in [2.05, 4.69) is 24.4 Å². The van der Waals surface area contributed by atoms with E-state index in [-0.39, 0.29) is 11.8 Å². The minimum atomic E-state index is -3.45. The highest BCUT2D eigenvalue weighted by molar-refractivity contribution is 7.92. The van der Waals surface area contributed by atoms with Gasteiger partial charge in [-0.05, 0) is 73.5 Å². The minimum absolute atomic E-state index is 0.160. The number of hydrogen-bond donors (Lipinski definition) is 1. The van der Waals surface area contributed by atoms with Gasteiger partial charge in [0.25, 0.3) is 5.91 Å². The summed E-state index contributed by atoms with van der Waals surface area (Å²) in [6.45, 7) is 2.54. The molecule has 0 saturated heterocycles. The Labute approximate surface area is 212 Å². The largest absolute Gasteiger partial charge is 0.462 e. The number of nitrogens with zero attached hydrogens (tertiary/aromatic N) is 3. The maximum atomic E-state index is 13.1. The quantitative estimate of drug-likeness (QED) is 0.634. The van der Waals surface area contributed by atoms with Crippen molar-refractivity contribution in [2.45, 2.75) is 51.4 Å². The van der Waals surface area contributed by atoms with Crippen molar-refractivity contribution in [3.8, 4) is 0 Å². The van der Waals surface area contributed by atoms with Gasteiger partial charge in [0.15, 0.2) is 0 Å². The Morgan fingerprint density at radius 3 is 2.72 bits per heavy atom. The van der Waals surface area contributed by atoms with Crippen molar-refractivity contribution < 1.29 is 17.9 Å². The van der Waals surface area contributed by atoms with Crippen LogP contribution in [-0.4, -0.2) is 43.8 Å². The molecule has 2 aromatic rings. The summed E-state index contributed by atoms with van der Waals surface area (Å²) in [7, 11) is -1.84. The Bertz CT molecular complexity index is 1450. The zero-order valence-corrected chi connectivity index (χ0v) is 21.8. The Hall–Kier alpha value is -3.33. The summed E-state index contributed by atoms with van der Waals surface area (Å²) >= 11 is 0. The molecule has 1 N–H and O–H groups in total. The van der Waals surface area contributed by atoms with Gasteiger partial charge in [-0.3, -0.25) is 9.10 Å². The predicted octanol–water partition coefficient (Wildman–Crippen LogP) is 4.67. The average molecular weight is 509 g/mol. The van der Waals surface area contributed by atoms with Gasteiger partial charge in [-0.2, -0.15) is 5.10 Å². The highest BCUT2D eigenvalue weighted by atomic mass is 32.2. The third kappa shape index (κ3) is 4.59. The summed E-state index contributed by atoms with van der Waals surface area (Å²) in [5.41, 5.74) is 4.29. The number of ether oxygens (including phenoxy) is 1. The van der Waals surface area contributed by atoms with Gasteiger partial charge in [-0.1, -0.05) is 19.1 Å². The summed E-state index contributed by atoms with van der Waals surface area (Å²) in [5, 5.41) is 7.56. The molecule has 2 aromatic heterocycles. The van der Waals surface area contributed by atoms with Gasteiger partial charge in [-0.15, -0.1) is 0 Å². The van der Waals surface area contributed by atoms with Gasteiger partial charge in [0.2, 0.25) is 10.0 Å². The number of pyridine rings is 1. The fraction of sp³-hybridized carbons (Fsp3) is 0.407. The Morgan fingerprint density at radius 2 is 2.06 bits per heavy atom. The van der Waals surface area contributed by atoms with Crippen LogP contribution >= 0.6 is 0 Å². The normalized spacial score (nSPS) is 20.2. The summed E-state index contributed by atoms with van der Waals surface area (Å²) in [5.74, 6) is 1.69. The number of sulfonamides is 1. The molecule has 2 aliphatic carbocycles. The highest BCUT2D eigenvalue weighted by Gasteiger charge is 2.30. The summed E-state index contributed by atoms with van der Waals surface area (Å²) in [4.78, 5) is 13.1. The SMILES string of the molecule is CNC(=O)c1c(C2=CC=C(OC3=CCCC=C3)CC2)nn2cc3c(cc12)C(C)CCCN3S(C)(=O)=O. The topological polar surface area (TPSA) is 93.0 Å². The molecule has 0 bridgehead atoms. The van der Waals surface area contributed by atoms with Gasteiger partial charge >= 0.3 is 0 Å². The molecule has 0 spiro atoms. The number of nitrogens with one attached hydrogen (secondary N) is 1. The first kappa shape index (κ1) is 24.4. The van der Waals surface area contributed by atoms with Gasteiger partial charge in [0, 0.05) is 20.0 Å². The van der Waals surface area contributed by atoms with Crippen molar-refractivity contribution >= 4 is 32.7 Å². The van der Waals surface area contributed by atoms with Crippen LogP contribution in [0.4, 0.5) is 5.69 Å². The average Bonchev–Trinajstić information content (AvgIpc) is 3.15. The van der Waals surface area contributed by atoms with E-state index in [1.807, 2.05) is 24.3 Å². The molecule has 1 unspecified atom stereocenters. The summed E-state index contributed by atoms with van der Waals surface area (Å²) in [6, 6.07) is 1.94. The van der Waals surface area contributed by atoms with Crippen molar-refractivity contribution in [2.75, 3.05) is 24.2 Å². The lowest BCUT2D eigenvalue weighted by Crippen LogP contribution is -2.31. The summed E-state index contributed by atoms with van der Waals surface area (Å²) < 4.78 is 34.3. The number of rotatable bonds is 5. The van der Waals surface area contributed by atoms with E-state index in [0.29, 0.717) is 41.8 Å². The van der Waals surface area contributed by atoms with Crippen LogP contribution in [0.2, 0.25) is 0 Å². The van der Waals surface area contributed by atoms with Crippen LogP contribution in [0.3, 0.4) is 0 Å². The van der Waals surface area contributed by atoms with E-state index in [4.69, 9.17) is 9.84 Å². The monoisotopic (exact) mass is 508 g/mol. The van der Waals surface area contributed by atoms with Crippen LogP contribution in [0.5, 0.6) is 0 Å². The lowest BCUT2D eigenvalue weighted by molar-refractivity contribution is 0.0964. The van der Waals surface area contributed by atoms with Crippen LogP contribution in [-0.2, 0) is 14.8 Å². The standard InChI is InChI=1S/C27H32N4O4S/c1-18-8-7-15-31(36(3,33)34)24-17-30-23(16-22(18)24)25(27(32)28-2)26(29-30)19-11-13-21(14-12-19)35-20-9-5-4-6-10-20/h5,9-11,13,16-18H,4,6-8,12,14-15H2,1-3H3,(H,28,32). The fourth-order valence-electron chi connectivity index (χ4n) is 5.15. The number of allylic oxidation sites excluding steroid dienone is 7. The molecule has 1 atom stereocenters. The van der Waals surface area contributed by atoms with E-state index < -0.39 is 10.0 Å². The fourth-order valence-corrected chi connectivity index (χ4v) is 6.12. The van der Waals surface area contributed by atoms with Crippen LogP contribution in [0.15, 0.2) is 54.2 Å². The first-order valence-electron chi connectivity index (χ1n) is 12.5. The van der Waals surface area contributed by atoms with E-state index in [1.54, 1.807) is 17.8 Å². The number of carbonyl (C=O) groups is 1. The lowest BCUT2D eigenvalue weighted by Gasteiger charge is -2.23. The highest BCUT2D eigenvalue weighted by Crippen LogP contribution is 2.38. The molecule has 190 valence electrons. The van der Waals surface area contributed by atoms with Gasteiger partial charge in [0.1, 0.15) is 17.2 Å². The maximum absolute atomic E-state index is 13.1. The maximum Gasteiger partial charge on any atom is 0.255 e. The van der Waals surface area contributed by atoms with E-state index >= 15 is 0 Å². The van der Waals surface area contributed by atoms with E-state index in [9.17, 15) is 13.2 Å². The number of aromatic nitrogens is 2. The number of fused-ring (bicyclic) bond motifs is 2. The molecular formula is C27H32N4O4S. The molecule has 9 heteroatoms. The Morgan fingerprint density at radius 1 is 1.22 bits per heavy atom. The Balaban J connectivity index is 1.60. The predicted molar refractivity (Wildman–Crippen MR) is 141 cm³/mol. The first-order valence-corrected chi connectivity index (χ1v) is 14.3. The minimum Gasteiger partial charge on any atom is -0.462 e. The van der Waals surface area contributed by atoms with Gasteiger partial charge < -0.3 is 10.1 Å². The van der Waals surface area contributed by atoms with Crippen LogP contribution in [0.25, 0.3) is 11.1 Å². The van der Waals surface area contributed by atoms with Crippen LogP contribution < -0.4 is 9.62 Å². The first-order chi connectivity index (χ1) is 17.3. The number of anilines is 1. The smallest absolute Gasteiger partial charge is 0.255 e. The molecule has 1 amide bonds. The zero-order chi connectivity index (χ0) is 25.4. The molecular weight excluding hydrogens is 476 g/mol. The van der Waals surface area contributed by atoms with E-state index in [0.717, 1.165) is 48.3 Å². The van der Waals surface area contributed by atoms with Crippen LogP contribution in [0.1, 0.15) is 73.0 Å². The van der Waals surface area contributed by atoms with Gasteiger partial charge in [0.05, 0.1) is 29.2 Å². The van der Waals surface area contributed by atoms with Crippen molar-refractivity contribution in [2.24, 2.45) is 0 Å². The summed E-state index contributed by atoms with van der Waals surface area (Å²) in [6.07, 6.45) is 18.2. The second-order valence-corrected chi connectivity index (χ2v) is 11.5. The zero-order valence-electron chi connectivity index (χ0n) is 21.0. The van der Waals surface area contributed by atoms with Crippen molar-refractivity contribution in [1.82, 2.24) is 14.9 Å². The third-order valence-electron chi connectivity index (χ3n) is 7.06. The molecule has 5 rings (SSSR count). The molecule has 0 radical (unpaired) electrons. The van der Waals surface area contributed by atoms with Crippen molar-refractivity contribution in [1.29, 1.82) is 0 Å². The van der Waals surface area contributed by atoms with Crippen LogP contribution in [0, 0.1) is 0 Å². The number of carbonyl (C=O) groups excluding carboxylic acids is 1. The number of hydrogen-bond acceptors (Lipinski definition) is 5. The third-order valence-corrected chi connectivity index (χ3v) is 8.24. The van der Waals surface area contributed by atoms with E-state index in [1.165, 1.54) is 10.6 Å².